The van der Waals surface area contributed by atoms with Crippen molar-refractivity contribution in [1.29, 1.82) is 0 Å². The summed E-state index contributed by atoms with van der Waals surface area (Å²) >= 11 is 0. The molecule has 26 heavy (non-hydrogen) atoms. The molecule has 0 heterocycles. The highest BCUT2D eigenvalue weighted by molar-refractivity contribution is 5.90. The molecule has 0 spiro atoms. The third-order valence-corrected chi connectivity index (χ3v) is 3.98. The van der Waals surface area contributed by atoms with E-state index in [1.54, 1.807) is 0 Å². The minimum Gasteiger partial charge on any atom is -0.504 e. The molecule has 0 fully saturated rings. The molecule has 142 valence electrons. The maximum absolute atomic E-state index is 11.9. The summed E-state index contributed by atoms with van der Waals surface area (Å²) < 4.78 is 5.17. The molecule has 0 saturated carbocycles. The van der Waals surface area contributed by atoms with Crippen molar-refractivity contribution in [3.63, 3.8) is 0 Å². The zero-order valence-electron chi connectivity index (χ0n) is 16.2. The second-order valence-electron chi connectivity index (χ2n) is 6.76. The number of hydrogen-bond acceptors (Lipinski definition) is 4. The van der Waals surface area contributed by atoms with Crippen LogP contribution < -0.4 is 0 Å². The summed E-state index contributed by atoms with van der Waals surface area (Å²) in [6, 6.07) is 3.87. The van der Waals surface area contributed by atoms with E-state index in [0.717, 1.165) is 25.7 Å². The number of carbonyl (C=O) groups excluding carboxylic acids is 1. The molecule has 0 bridgehead atoms. The first kappa shape index (κ1) is 21.6. The van der Waals surface area contributed by atoms with Crippen molar-refractivity contribution in [2.45, 2.75) is 53.4 Å². The first-order valence-electron chi connectivity index (χ1n) is 8.93. The van der Waals surface area contributed by atoms with Crippen LogP contribution in [0.1, 0.15) is 63.7 Å². The fraction of sp³-hybridized carbons (Fsp3) is 0.409. The van der Waals surface area contributed by atoms with Crippen molar-refractivity contribution in [3.8, 4) is 11.5 Å². The van der Waals surface area contributed by atoms with Crippen LogP contribution in [-0.2, 0) is 4.74 Å². The van der Waals surface area contributed by atoms with E-state index >= 15 is 0 Å². The Morgan fingerprint density at radius 2 is 1.54 bits per heavy atom. The second kappa shape index (κ2) is 11.2. The minimum absolute atomic E-state index is 0.190. The average Bonchev–Trinajstić information content (AvgIpc) is 2.56. The Morgan fingerprint density at radius 3 is 2.15 bits per heavy atom. The molecular weight excluding hydrogens is 328 g/mol. The number of benzene rings is 1. The third kappa shape index (κ3) is 8.56. The number of esters is 1. The number of allylic oxidation sites excluding steroid dienone is 5. The Bertz CT molecular complexity index is 692. The van der Waals surface area contributed by atoms with Crippen molar-refractivity contribution in [3.05, 3.63) is 58.7 Å². The van der Waals surface area contributed by atoms with Gasteiger partial charge >= 0.3 is 5.97 Å². The SMILES string of the molecule is CC(C)=CCC/C(C)=C/CC/C(C)=C/COC(=O)c1ccc(O)c(O)c1. The molecule has 0 unspecified atom stereocenters. The van der Waals surface area contributed by atoms with E-state index in [9.17, 15) is 15.0 Å². The lowest BCUT2D eigenvalue weighted by Crippen LogP contribution is -2.05. The Morgan fingerprint density at radius 1 is 0.923 bits per heavy atom. The lowest BCUT2D eigenvalue weighted by atomic mass is 10.1. The quantitative estimate of drug-likeness (QED) is 0.339. The molecule has 1 aromatic carbocycles. The smallest absolute Gasteiger partial charge is 0.338 e. The van der Waals surface area contributed by atoms with Gasteiger partial charge in [0.05, 0.1) is 5.56 Å². The van der Waals surface area contributed by atoms with E-state index in [4.69, 9.17) is 4.74 Å². The summed E-state index contributed by atoms with van der Waals surface area (Å²) in [6.45, 7) is 8.60. The zero-order chi connectivity index (χ0) is 19.5. The van der Waals surface area contributed by atoms with Gasteiger partial charge in [-0.3, -0.25) is 0 Å². The van der Waals surface area contributed by atoms with E-state index in [1.807, 2.05) is 13.0 Å². The highest BCUT2D eigenvalue weighted by Gasteiger charge is 2.09. The van der Waals surface area contributed by atoms with Crippen LogP contribution in [0.3, 0.4) is 0 Å². The molecule has 0 aliphatic carbocycles. The summed E-state index contributed by atoms with van der Waals surface area (Å²) in [5.41, 5.74) is 4.13. The van der Waals surface area contributed by atoms with Crippen LogP contribution in [0.4, 0.5) is 0 Å². The predicted molar refractivity (Wildman–Crippen MR) is 105 cm³/mol. The topological polar surface area (TPSA) is 66.8 Å². The lowest BCUT2D eigenvalue weighted by Gasteiger charge is -2.05. The van der Waals surface area contributed by atoms with E-state index in [2.05, 4.69) is 32.9 Å². The number of rotatable bonds is 9. The monoisotopic (exact) mass is 358 g/mol. The van der Waals surface area contributed by atoms with Crippen molar-refractivity contribution < 1.29 is 19.7 Å². The lowest BCUT2D eigenvalue weighted by molar-refractivity contribution is 0.0548. The van der Waals surface area contributed by atoms with Crippen LogP contribution in [0.5, 0.6) is 11.5 Å². The Labute approximate surface area is 156 Å². The van der Waals surface area contributed by atoms with Crippen LogP contribution >= 0.6 is 0 Å². The molecule has 0 atom stereocenters. The first-order chi connectivity index (χ1) is 12.3. The van der Waals surface area contributed by atoms with E-state index in [0.29, 0.717) is 0 Å². The number of ether oxygens (including phenoxy) is 1. The molecule has 1 rings (SSSR count). The molecule has 0 amide bonds. The van der Waals surface area contributed by atoms with Gasteiger partial charge in [-0.05, 0) is 77.7 Å². The Hall–Kier alpha value is -2.49. The first-order valence-corrected chi connectivity index (χ1v) is 8.93. The van der Waals surface area contributed by atoms with Crippen LogP contribution in [0.2, 0.25) is 0 Å². The minimum atomic E-state index is -0.528. The summed E-state index contributed by atoms with van der Waals surface area (Å²) in [6.07, 6.45) is 10.5. The van der Waals surface area contributed by atoms with Gasteiger partial charge in [0.2, 0.25) is 0 Å². The molecule has 0 aliphatic heterocycles. The van der Waals surface area contributed by atoms with Crippen LogP contribution in [0.15, 0.2) is 53.1 Å². The van der Waals surface area contributed by atoms with Crippen molar-refractivity contribution in [1.82, 2.24) is 0 Å². The van der Waals surface area contributed by atoms with Gasteiger partial charge in [0, 0.05) is 0 Å². The van der Waals surface area contributed by atoms with Gasteiger partial charge in [-0.15, -0.1) is 0 Å². The number of phenols is 2. The van der Waals surface area contributed by atoms with Crippen molar-refractivity contribution in [2.24, 2.45) is 0 Å². The summed E-state index contributed by atoms with van der Waals surface area (Å²) in [4.78, 5) is 11.9. The molecule has 0 radical (unpaired) electrons. The molecule has 0 saturated heterocycles. The summed E-state index contributed by atoms with van der Waals surface area (Å²) in [7, 11) is 0. The van der Waals surface area contributed by atoms with E-state index < -0.39 is 5.97 Å². The molecule has 4 nitrogen and oxygen atoms in total. The number of hydrogen-bond donors (Lipinski definition) is 2. The summed E-state index contributed by atoms with van der Waals surface area (Å²) in [5, 5.41) is 18.7. The van der Waals surface area contributed by atoms with Crippen LogP contribution in [-0.4, -0.2) is 22.8 Å². The van der Waals surface area contributed by atoms with Gasteiger partial charge in [0.15, 0.2) is 11.5 Å². The van der Waals surface area contributed by atoms with Gasteiger partial charge in [-0.1, -0.05) is 28.9 Å². The highest BCUT2D eigenvalue weighted by atomic mass is 16.5. The van der Waals surface area contributed by atoms with Gasteiger partial charge < -0.3 is 14.9 Å². The number of phenolic OH excluding ortho intramolecular Hbond substituents is 2. The van der Waals surface area contributed by atoms with E-state index in [-0.39, 0.29) is 23.7 Å². The van der Waals surface area contributed by atoms with Gasteiger partial charge in [0.1, 0.15) is 6.61 Å². The largest absolute Gasteiger partial charge is 0.504 e. The van der Waals surface area contributed by atoms with E-state index in [1.165, 1.54) is 34.9 Å². The van der Waals surface area contributed by atoms with Crippen molar-refractivity contribution in [2.75, 3.05) is 6.61 Å². The molecular formula is C22H30O4. The fourth-order valence-corrected chi connectivity index (χ4v) is 2.33. The third-order valence-electron chi connectivity index (χ3n) is 3.98. The number of carbonyl (C=O) groups is 1. The van der Waals surface area contributed by atoms with Crippen LogP contribution in [0, 0.1) is 0 Å². The highest BCUT2D eigenvalue weighted by Crippen LogP contribution is 2.25. The van der Waals surface area contributed by atoms with Crippen LogP contribution in [0.25, 0.3) is 0 Å². The van der Waals surface area contributed by atoms with Gasteiger partial charge in [-0.25, -0.2) is 4.79 Å². The molecule has 4 heteroatoms. The average molecular weight is 358 g/mol. The maximum atomic E-state index is 11.9. The fourth-order valence-electron chi connectivity index (χ4n) is 2.33. The molecule has 2 N–H and O–H groups in total. The Balaban J connectivity index is 2.36. The number of aromatic hydroxyl groups is 2. The van der Waals surface area contributed by atoms with Gasteiger partial charge in [-0.2, -0.15) is 0 Å². The zero-order valence-corrected chi connectivity index (χ0v) is 16.2. The predicted octanol–water partition coefficient (Wildman–Crippen LogP) is 5.67. The maximum Gasteiger partial charge on any atom is 0.338 e. The second-order valence-corrected chi connectivity index (χ2v) is 6.76. The summed E-state index contributed by atoms with van der Waals surface area (Å²) in [5.74, 6) is -1.13. The normalized spacial score (nSPS) is 12.0. The molecule has 0 aromatic heterocycles. The standard InChI is InChI=1S/C22H30O4/c1-16(2)7-5-8-17(3)9-6-10-18(4)13-14-26-22(25)19-11-12-20(23)21(24)15-19/h7,9,11-13,15,23-24H,5-6,8,10,14H2,1-4H3/b17-9+,18-13+. The van der Waals surface area contributed by atoms with Gasteiger partial charge in [0.25, 0.3) is 0 Å². The molecule has 0 aliphatic rings. The molecule has 1 aromatic rings. The Kier molecular flexibility index (Phi) is 9.27. The van der Waals surface area contributed by atoms with Crippen molar-refractivity contribution >= 4 is 5.97 Å².